The van der Waals surface area contributed by atoms with Crippen LogP contribution in [0.4, 0.5) is 5.69 Å². The fraction of sp³-hybridized carbons (Fsp3) is 0.176. The van der Waals surface area contributed by atoms with E-state index in [0.29, 0.717) is 22.9 Å². The highest BCUT2D eigenvalue weighted by Gasteiger charge is 2.16. The Bertz CT molecular complexity index is 896. The monoisotopic (exact) mass is 374 g/mol. The van der Waals surface area contributed by atoms with E-state index >= 15 is 0 Å². The quantitative estimate of drug-likeness (QED) is 0.351. The van der Waals surface area contributed by atoms with Crippen LogP contribution in [-0.2, 0) is 12.3 Å². The average Bonchev–Trinajstić information content (AvgIpc) is 3.03. The van der Waals surface area contributed by atoms with Crippen LogP contribution in [0.15, 0.2) is 53.7 Å². The van der Waals surface area contributed by atoms with Gasteiger partial charge in [-0.1, -0.05) is 41.6 Å². The van der Waals surface area contributed by atoms with Crippen LogP contribution < -0.4 is 0 Å². The van der Waals surface area contributed by atoms with Crippen molar-refractivity contribution in [1.29, 1.82) is 0 Å². The van der Waals surface area contributed by atoms with E-state index in [4.69, 9.17) is 11.6 Å². The number of nitro benzene ring substituents is 1. The number of halogens is 1. The minimum absolute atomic E-state index is 0.121. The lowest BCUT2D eigenvalue weighted by Gasteiger charge is -2.07. The van der Waals surface area contributed by atoms with E-state index in [9.17, 15) is 10.1 Å². The summed E-state index contributed by atoms with van der Waals surface area (Å²) in [5, 5.41) is 21.0. The highest BCUT2D eigenvalue weighted by molar-refractivity contribution is 7.98. The maximum Gasteiger partial charge on any atom is 0.273 e. The van der Waals surface area contributed by atoms with Gasteiger partial charge in [0.2, 0.25) is 0 Å². The fourth-order valence-corrected chi connectivity index (χ4v) is 3.57. The van der Waals surface area contributed by atoms with Gasteiger partial charge in [0.05, 0.1) is 4.92 Å². The van der Waals surface area contributed by atoms with Crippen LogP contribution >= 0.6 is 23.4 Å². The summed E-state index contributed by atoms with van der Waals surface area (Å²) in [6.07, 6.45) is 0. The van der Waals surface area contributed by atoms with Gasteiger partial charge in [0.15, 0.2) is 11.0 Å². The Labute approximate surface area is 154 Å². The first-order chi connectivity index (χ1) is 12.1. The van der Waals surface area contributed by atoms with E-state index in [2.05, 4.69) is 10.2 Å². The van der Waals surface area contributed by atoms with Crippen LogP contribution in [0.1, 0.15) is 12.5 Å². The van der Waals surface area contributed by atoms with Crippen LogP contribution in [0.2, 0.25) is 5.02 Å². The number of rotatable bonds is 6. The molecular formula is C17H15ClN4O2S. The first kappa shape index (κ1) is 17.4. The van der Waals surface area contributed by atoms with Crippen molar-refractivity contribution >= 4 is 29.1 Å². The van der Waals surface area contributed by atoms with E-state index in [0.717, 1.165) is 16.5 Å². The number of hydrogen-bond donors (Lipinski definition) is 0. The molecule has 0 spiro atoms. The van der Waals surface area contributed by atoms with Crippen LogP contribution in [0.3, 0.4) is 0 Å². The standard InChI is InChI=1S/C17H15ClN4O2S/c1-2-21-16(12-7-9-14(18)10-8-12)19-20-17(21)25-11-13-5-3-4-6-15(13)22(23)24/h3-10H,2,11H2,1H3. The van der Waals surface area contributed by atoms with Gasteiger partial charge < -0.3 is 4.57 Å². The molecule has 3 aromatic rings. The molecule has 0 bridgehead atoms. The molecule has 25 heavy (non-hydrogen) atoms. The molecule has 6 nitrogen and oxygen atoms in total. The molecular weight excluding hydrogens is 360 g/mol. The molecule has 0 fully saturated rings. The second-order valence-electron chi connectivity index (χ2n) is 5.23. The van der Waals surface area contributed by atoms with Crippen LogP contribution in [-0.4, -0.2) is 19.7 Å². The van der Waals surface area contributed by atoms with Crippen molar-refractivity contribution in [1.82, 2.24) is 14.8 Å². The molecule has 1 aromatic heterocycles. The molecule has 2 aromatic carbocycles. The summed E-state index contributed by atoms with van der Waals surface area (Å²) >= 11 is 7.37. The second kappa shape index (κ2) is 7.67. The number of nitro groups is 1. The number of para-hydroxylation sites is 1. The molecule has 8 heteroatoms. The van der Waals surface area contributed by atoms with Gasteiger partial charge in [-0.05, 0) is 31.2 Å². The van der Waals surface area contributed by atoms with Crippen molar-refractivity contribution in [3.05, 3.63) is 69.2 Å². The SMILES string of the molecule is CCn1c(SCc2ccccc2[N+](=O)[O-])nnc1-c1ccc(Cl)cc1. The molecule has 3 rings (SSSR count). The summed E-state index contributed by atoms with van der Waals surface area (Å²) in [6, 6.07) is 14.2. The van der Waals surface area contributed by atoms with Crippen LogP contribution in [0, 0.1) is 10.1 Å². The van der Waals surface area contributed by atoms with Crippen LogP contribution in [0.5, 0.6) is 0 Å². The highest BCUT2D eigenvalue weighted by Crippen LogP contribution is 2.29. The minimum Gasteiger partial charge on any atom is -0.302 e. The van der Waals surface area contributed by atoms with E-state index < -0.39 is 0 Å². The predicted molar refractivity (Wildman–Crippen MR) is 98.8 cm³/mol. The second-order valence-corrected chi connectivity index (χ2v) is 6.61. The Hall–Kier alpha value is -2.38. The zero-order valence-electron chi connectivity index (χ0n) is 13.4. The third-order valence-electron chi connectivity index (χ3n) is 3.68. The molecule has 0 radical (unpaired) electrons. The third kappa shape index (κ3) is 3.83. The summed E-state index contributed by atoms with van der Waals surface area (Å²) in [4.78, 5) is 10.8. The van der Waals surface area contributed by atoms with Gasteiger partial charge in [-0.2, -0.15) is 0 Å². The topological polar surface area (TPSA) is 73.8 Å². The number of thioether (sulfide) groups is 1. The van der Waals surface area contributed by atoms with Crippen molar-refractivity contribution in [2.24, 2.45) is 0 Å². The summed E-state index contributed by atoms with van der Waals surface area (Å²) in [5.74, 6) is 1.21. The van der Waals surface area contributed by atoms with Gasteiger partial charge >= 0.3 is 0 Å². The van der Waals surface area contributed by atoms with E-state index in [1.807, 2.05) is 35.8 Å². The number of benzene rings is 2. The number of hydrogen-bond acceptors (Lipinski definition) is 5. The molecule has 0 aliphatic carbocycles. The van der Waals surface area contributed by atoms with Gasteiger partial charge in [0, 0.05) is 34.5 Å². The van der Waals surface area contributed by atoms with Gasteiger partial charge in [0.1, 0.15) is 0 Å². The highest BCUT2D eigenvalue weighted by atomic mass is 35.5. The molecule has 0 aliphatic heterocycles. The summed E-state index contributed by atoms with van der Waals surface area (Å²) in [7, 11) is 0. The molecule has 1 heterocycles. The lowest BCUT2D eigenvalue weighted by Crippen LogP contribution is -2.00. The van der Waals surface area contributed by atoms with Crippen molar-refractivity contribution < 1.29 is 4.92 Å². The Balaban J connectivity index is 1.85. The molecule has 0 saturated heterocycles. The first-order valence-corrected chi connectivity index (χ1v) is 9.00. The molecule has 0 N–H and O–H groups in total. The van der Waals surface area contributed by atoms with Crippen molar-refractivity contribution in [2.45, 2.75) is 24.4 Å². The molecule has 0 amide bonds. The zero-order valence-corrected chi connectivity index (χ0v) is 15.0. The van der Waals surface area contributed by atoms with Crippen LogP contribution in [0.25, 0.3) is 11.4 Å². The molecule has 0 unspecified atom stereocenters. The molecule has 0 atom stereocenters. The lowest BCUT2D eigenvalue weighted by atomic mass is 10.2. The maximum atomic E-state index is 11.1. The van der Waals surface area contributed by atoms with Crippen molar-refractivity contribution in [3.8, 4) is 11.4 Å². The Kier molecular flexibility index (Phi) is 5.35. The third-order valence-corrected chi connectivity index (χ3v) is 4.95. The molecule has 0 aliphatic rings. The van der Waals surface area contributed by atoms with E-state index in [1.165, 1.54) is 17.8 Å². The molecule has 128 valence electrons. The first-order valence-electron chi connectivity index (χ1n) is 7.64. The maximum absolute atomic E-state index is 11.1. The number of nitrogens with zero attached hydrogens (tertiary/aromatic N) is 4. The smallest absolute Gasteiger partial charge is 0.273 e. The van der Waals surface area contributed by atoms with Crippen molar-refractivity contribution in [3.63, 3.8) is 0 Å². The van der Waals surface area contributed by atoms with Gasteiger partial charge in [-0.15, -0.1) is 10.2 Å². The van der Waals surface area contributed by atoms with Gasteiger partial charge in [0.25, 0.3) is 5.69 Å². The van der Waals surface area contributed by atoms with Crippen molar-refractivity contribution in [2.75, 3.05) is 0 Å². The van der Waals surface area contributed by atoms with E-state index in [1.54, 1.807) is 18.2 Å². The van der Waals surface area contributed by atoms with Gasteiger partial charge in [-0.3, -0.25) is 10.1 Å². The number of aromatic nitrogens is 3. The summed E-state index contributed by atoms with van der Waals surface area (Å²) < 4.78 is 1.99. The summed E-state index contributed by atoms with van der Waals surface area (Å²) in [6.45, 7) is 2.71. The molecule has 0 saturated carbocycles. The average molecular weight is 375 g/mol. The largest absolute Gasteiger partial charge is 0.302 e. The predicted octanol–water partition coefficient (Wildman–Crippen LogP) is 4.82. The Morgan fingerprint density at radius 2 is 1.88 bits per heavy atom. The fourth-order valence-electron chi connectivity index (χ4n) is 2.45. The zero-order chi connectivity index (χ0) is 17.8. The normalized spacial score (nSPS) is 10.8. The Morgan fingerprint density at radius 1 is 1.16 bits per heavy atom. The summed E-state index contributed by atoms with van der Waals surface area (Å²) in [5.41, 5.74) is 1.71. The Morgan fingerprint density at radius 3 is 2.56 bits per heavy atom. The lowest BCUT2D eigenvalue weighted by molar-refractivity contribution is -0.385. The minimum atomic E-state index is -0.362. The van der Waals surface area contributed by atoms with E-state index in [-0.39, 0.29) is 10.6 Å². The van der Waals surface area contributed by atoms with Gasteiger partial charge in [-0.25, -0.2) is 0 Å².